The Morgan fingerprint density at radius 3 is 2.78 bits per heavy atom. The van der Waals surface area contributed by atoms with E-state index in [0.29, 0.717) is 24.6 Å². The Morgan fingerprint density at radius 2 is 2.17 bits per heavy atom. The molecule has 18 heavy (non-hydrogen) atoms. The highest BCUT2D eigenvalue weighted by molar-refractivity contribution is 5.79. The minimum atomic E-state index is -0.524. The molecule has 1 aromatic rings. The lowest BCUT2D eigenvalue weighted by Crippen LogP contribution is -2.12. The van der Waals surface area contributed by atoms with Crippen molar-refractivity contribution in [3.8, 4) is 5.75 Å². The Hall–Kier alpha value is -1.38. The second-order valence-corrected chi connectivity index (χ2v) is 4.50. The van der Waals surface area contributed by atoms with E-state index in [-0.39, 0.29) is 5.56 Å². The Bertz CT molecular complexity index is 377. The molecule has 2 nitrogen and oxygen atoms in total. The SMILES string of the molecule is CCCCC(CC)COc1cccc(F)c1C=O. The topological polar surface area (TPSA) is 26.3 Å². The first-order valence-electron chi connectivity index (χ1n) is 6.59. The van der Waals surface area contributed by atoms with E-state index in [4.69, 9.17) is 4.74 Å². The van der Waals surface area contributed by atoms with E-state index < -0.39 is 5.82 Å². The van der Waals surface area contributed by atoms with E-state index in [2.05, 4.69) is 13.8 Å². The van der Waals surface area contributed by atoms with Gasteiger partial charge in [0.15, 0.2) is 6.29 Å². The van der Waals surface area contributed by atoms with Crippen molar-refractivity contribution in [2.24, 2.45) is 5.92 Å². The molecule has 3 heteroatoms. The number of ether oxygens (including phenoxy) is 1. The minimum absolute atomic E-state index is 0.0165. The summed E-state index contributed by atoms with van der Waals surface area (Å²) in [4.78, 5) is 10.8. The van der Waals surface area contributed by atoms with Gasteiger partial charge in [-0.25, -0.2) is 4.39 Å². The molecule has 1 atom stereocenters. The average Bonchev–Trinajstić information content (AvgIpc) is 2.39. The number of carbonyl (C=O) groups is 1. The van der Waals surface area contributed by atoms with Crippen LogP contribution in [0.5, 0.6) is 5.75 Å². The summed E-state index contributed by atoms with van der Waals surface area (Å²) in [5, 5.41) is 0. The number of unbranched alkanes of at least 4 members (excludes halogenated alkanes) is 1. The Labute approximate surface area is 108 Å². The van der Waals surface area contributed by atoms with Crippen LogP contribution in [0.4, 0.5) is 4.39 Å². The van der Waals surface area contributed by atoms with E-state index in [0.717, 1.165) is 19.3 Å². The van der Waals surface area contributed by atoms with E-state index in [1.807, 2.05) is 0 Å². The highest BCUT2D eigenvalue weighted by Crippen LogP contribution is 2.21. The molecular formula is C15H21FO2. The second-order valence-electron chi connectivity index (χ2n) is 4.50. The van der Waals surface area contributed by atoms with Gasteiger partial charge >= 0.3 is 0 Å². The number of rotatable bonds is 8. The van der Waals surface area contributed by atoms with Crippen LogP contribution in [0, 0.1) is 11.7 Å². The van der Waals surface area contributed by atoms with Crippen LogP contribution in [-0.4, -0.2) is 12.9 Å². The largest absolute Gasteiger partial charge is 0.492 e. The fourth-order valence-electron chi connectivity index (χ4n) is 1.86. The summed E-state index contributed by atoms with van der Waals surface area (Å²) in [7, 11) is 0. The molecule has 100 valence electrons. The van der Waals surface area contributed by atoms with Gasteiger partial charge in [0.1, 0.15) is 11.6 Å². The summed E-state index contributed by atoms with van der Waals surface area (Å²) < 4.78 is 18.9. The van der Waals surface area contributed by atoms with Gasteiger partial charge in [-0.15, -0.1) is 0 Å². The molecule has 1 unspecified atom stereocenters. The Balaban J connectivity index is 2.61. The molecule has 1 aromatic carbocycles. The van der Waals surface area contributed by atoms with Crippen molar-refractivity contribution in [3.05, 3.63) is 29.6 Å². The van der Waals surface area contributed by atoms with Crippen LogP contribution in [0.2, 0.25) is 0 Å². The molecule has 0 radical (unpaired) electrons. The van der Waals surface area contributed by atoms with Crippen LogP contribution >= 0.6 is 0 Å². The van der Waals surface area contributed by atoms with Gasteiger partial charge in [0, 0.05) is 0 Å². The minimum Gasteiger partial charge on any atom is -0.492 e. The molecule has 0 bridgehead atoms. The van der Waals surface area contributed by atoms with E-state index in [1.165, 1.54) is 12.5 Å². The summed E-state index contributed by atoms with van der Waals surface area (Å²) in [6, 6.07) is 4.47. The molecule has 0 spiro atoms. The highest BCUT2D eigenvalue weighted by Gasteiger charge is 2.11. The normalized spacial score (nSPS) is 12.2. The summed E-state index contributed by atoms with van der Waals surface area (Å²) in [6.07, 6.45) is 4.99. The van der Waals surface area contributed by atoms with Crippen LogP contribution in [0.1, 0.15) is 49.9 Å². The molecule has 0 saturated heterocycles. The maximum atomic E-state index is 13.3. The Kier molecular flexibility index (Phi) is 6.40. The molecule has 0 aliphatic carbocycles. The predicted molar refractivity (Wildman–Crippen MR) is 70.6 cm³/mol. The van der Waals surface area contributed by atoms with Crippen molar-refractivity contribution < 1.29 is 13.9 Å². The van der Waals surface area contributed by atoms with Gasteiger partial charge in [0.05, 0.1) is 12.2 Å². The third-order valence-electron chi connectivity index (χ3n) is 3.15. The Morgan fingerprint density at radius 1 is 1.39 bits per heavy atom. The van der Waals surface area contributed by atoms with E-state index >= 15 is 0 Å². The van der Waals surface area contributed by atoms with Crippen LogP contribution < -0.4 is 4.74 Å². The molecule has 1 rings (SSSR count). The highest BCUT2D eigenvalue weighted by atomic mass is 19.1. The second kappa shape index (κ2) is 7.85. The zero-order valence-corrected chi connectivity index (χ0v) is 11.1. The third-order valence-corrected chi connectivity index (χ3v) is 3.15. The van der Waals surface area contributed by atoms with Gasteiger partial charge in [-0.1, -0.05) is 39.2 Å². The summed E-state index contributed by atoms with van der Waals surface area (Å²) in [5.74, 6) is 0.289. The third kappa shape index (κ3) is 4.13. The number of benzene rings is 1. The fourth-order valence-corrected chi connectivity index (χ4v) is 1.86. The monoisotopic (exact) mass is 252 g/mol. The van der Waals surface area contributed by atoms with Crippen molar-refractivity contribution in [1.82, 2.24) is 0 Å². The molecule has 0 saturated carbocycles. The van der Waals surface area contributed by atoms with Gasteiger partial charge in [0.2, 0.25) is 0 Å². The molecule has 0 aromatic heterocycles. The molecule has 0 aliphatic heterocycles. The van der Waals surface area contributed by atoms with Crippen LogP contribution in [0.3, 0.4) is 0 Å². The van der Waals surface area contributed by atoms with Gasteiger partial charge < -0.3 is 4.74 Å². The van der Waals surface area contributed by atoms with E-state index in [9.17, 15) is 9.18 Å². The van der Waals surface area contributed by atoms with Crippen LogP contribution in [0.15, 0.2) is 18.2 Å². The maximum absolute atomic E-state index is 13.3. The fraction of sp³-hybridized carbons (Fsp3) is 0.533. The lowest BCUT2D eigenvalue weighted by Gasteiger charge is -2.16. The van der Waals surface area contributed by atoms with Crippen LogP contribution in [-0.2, 0) is 0 Å². The first-order chi connectivity index (χ1) is 8.72. The summed E-state index contributed by atoms with van der Waals surface area (Å²) >= 11 is 0. The molecule has 0 amide bonds. The van der Waals surface area contributed by atoms with Crippen molar-refractivity contribution in [1.29, 1.82) is 0 Å². The smallest absolute Gasteiger partial charge is 0.156 e. The number of hydrogen-bond acceptors (Lipinski definition) is 2. The maximum Gasteiger partial charge on any atom is 0.156 e. The zero-order valence-electron chi connectivity index (χ0n) is 11.1. The quantitative estimate of drug-likeness (QED) is 0.647. The summed E-state index contributed by atoms with van der Waals surface area (Å²) in [5.41, 5.74) is 0.0165. The predicted octanol–water partition coefficient (Wildman–Crippen LogP) is 4.23. The first-order valence-corrected chi connectivity index (χ1v) is 6.59. The van der Waals surface area contributed by atoms with Crippen molar-refractivity contribution >= 4 is 6.29 Å². The molecular weight excluding hydrogens is 231 g/mol. The van der Waals surface area contributed by atoms with Crippen molar-refractivity contribution in [2.75, 3.05) is 6.61 Å². The number of hydrogen-bond donors (Lipinski definition) is 0. The average molecular weight is 252 g/mol. The zero-order chi connectivity index (χ0) is 13.4. The van der Waals surface area contributed by atoms with E-state index in [1.54, 1.807) is 12.1 Å². The lowest BCUT2D eigenvalue weighted by molar-refractivity contribution is 0.111. The lowest BCUT2D eigenvalue weighted by atomic mass is 10.0. The molecule has 0 N–H and O–H groups in total. The number of halogens is 1. The van der Waals surface area contributed by atoms with Gasteiger partial charge in [-0.3, -0.25) is 4.79 Å². The van der Waals surface area contributed by atoms with Crippen LogP contribution in [0.25, 0.3) is 0 Å². The van der Waals surface area contributed by atoms with Gasteiger partial charge in [-0.2, -0.15) is 0 Å². The first kappa shape index (κ1) is 14.7. The standard InChI is InChI=1S/C15H21FO2/c1-3-5-7-12(4-2)11-18-15-9-6-8-14(16)13(15)10-17/h6,8-10,12H,3-5,7,11H2,1-2H3. The van der Waals surface area contributed by atoms with Crippen molar-refractivity contribution in [3.63, 3.8) is 0 Å². The number of carbonyl (C=O) groups excluding carboxylic acids is 1. The molecule has 0 heterocycles. The van der Waals surface area contributed by atoms with Gasteiger partial charge in [-0.05, 0) is 24.5 Å². The summed E-state index contributed by atoms with van der Waals surface area (Å²) in [6.45, 7) is 4.82. The van der Waals surface area contributed by atoms with Crippen molar-refractivity contribution in [2.45, 2.75) is 39.5 Å². The molecule has 0 aliphatic rings. The number of aldehydes is 1. The van der Waals surface area contributed by atoms with Gasteiger partial charge in [0.25, 0.3) is 0 Å². The molecule has 0 fully saturated rings.